The summed E-state index contributed by atoms with van der Waals surface area (Å²) < 4.78 is 21.1. The molecular weight excluding hydrogens is 304 g/mol. The second-order valence-electron chi connectivity index (χ2n) is 5.25. The van der Waals surface area contributed by atoms with Crippen molar-refractivity contribution in [3.05, 3.63) is 35.9 Å². The van der Waals surface area contributed by atoms with Gasteiger partial charge in [0.2, 0.25) is 0 Å². The van der Waals surface area contributed by atoms with Crippen LogP contribution in [0, 0.1) is 0 Å². The standard InChI is InChI=1S/C16H20O7/c1-9-13(22-10(2)17)12(18)14(16(20-3)21-9)23-15(19)11-7-5-4-6-8-11/h4-9,12-14,16,18H,1-3H3/t9-,12+,13+,14-,16-/m0/s1. The van der Waals surface area contributed by atoms with Gasteiger partial charge in [-0.05, 0) is 19.1 Å². The van der Waals surface area contributed by atoms with E-state index in [4.69, 9.17) is 18.9 Å². The zero-order valence-electron chi connectivity index (χ0n) is 13.2. The van der Waals surface area contributed by atoms with Crippen LogP contribution < -0.4 is 0 Å². The summed E-state index contributed by atoms with van der Waals surface area (Å²) in [6.45, 7) is 2.87. The normalized spacial score (nSPS) is 30.5. The molecule has 0 spiro atoms. The van der Waals surface area contributed by atoms with E-state index in [2.05, 4.69) is 0 Å². The third kappa shape index (κ3) is 4.07. The summed E-state index contributed by atoms with van der Waals surface area (Å²) in [5, 5.41) is 10.4. The minimum atomic E-state index is -1.26. The molecule has 0 unspecified atom stereocenters. The molecule has 1 N–H and O–H groups in total. The van der Waals surface area contributed by atoms with Gasteiger partial charge in [-0.25, -0.2) is 4.79 Å². The smallest absolute Gasteiger partial charge is 0.338 e. The lowest BCUT2D eigenvalue weighted by molar-refractivity contribution is -0.287. The molecule has 0 amide bonds. The molecule has 2 rings (SSSR count). The van der Waals surface area contributed by atoms with E-state index in [1.165, 1.54) is 14.0 Å². The maximum atomic E-state index is 12.2. The Kier molecular flexibility index (Phi) is 5.70. The molecule has 23 heavy (non-hydrogen) atoms. The van der Waals surface area contributed by atoms with E-state index < -0.39 is 42.6 Å². The highest BCUT2D eigenvalue weighted by Gasteiger charge is 2.47. The number of aliphatic hydroxyl groups excluding tert-OH is 1. The molecule has 1 heterocycles. The molecule has 0 radical (unpaired) electrons. The van der Waals surface area contributed by atoms with Crippen LogP contribution in [0.3, 0.4) is 0 Å². The summed E-state index contributed by atoms with van der Waals surface area (Å²) in [6.07, 6.45) is -4.90. The summed E-state index contributed by atoms with van der Waals surface area (Å²) in [4.78, 5) is 23.4. The van der Waals surface area contributed by atoms with Crippen LogP contribution in [0.2, 0.25) is 0 Å². The van der Waals surface area contributed by atoms with E-state index in [0.29, 0.717) is 5.56 Å². The molecule has 7 nitrogen and oxygen atoms in total. The topological polar surface area (TPSA) is 91.3 Å². The Labute approximate surface area is 134 Å². The van der Waals surface area contributed by atoms with Gasteiger partial charge in [0, 0.05) is 14.0 Å². The van der Waals surface area contributed by atoms with E-state index in [9.17, 15) is 14.7 Å². The third-order valence-corrected chi connectivity index (χ3v) is 3.54. The monoisotopic (exact) mass is 324 g/mol. The molecule has 7 heteroatoms. The van der Waals surface area contributed by atoms with E-state index in [-0.39, 0.29) is 0 Å². The molecule has 1 saturated heterocycles. The molecular formula is C16H20O7. The van der Waals surface area contributed by atoms with Crippen molar-refractivity contribution < 1.29 is 33.6 Å². The lowest BCUT2D eigenvalue weighted by atomic mass is 9.99. The van der Waals surface area contributed by atoms with Gasteiger partial charge in [0.1, 0.15) is 6.10 Å². The van der Waals surface area contributed by atoms with Crippen molar-refractivity contribution >= 4 is 11.9 Å². The van der Waals surface area contributed by atoms with Gasteiger partial charge in [0.25, 0.3) is 0 Å². The van der Waals surface area contributed by atoms with Crippen molar-refractivity contribution in [2.45, 2.75) is 44.6 Å². The number of hydrogen-bond donors (Lipinski definition) is 1. The Morgan fingerprint density at radius 1 is 1.13 bits per heavy atom. The third-order valence-electron chi connectivity index (χ3n) is 3.54. The molecule has 126 valence electrons. The highest BCUT2D eigenvalue weighted by atomic mass is 16.7. The van der Waals surface area contributed by atoms with Crippen LogP contribution in [0.25, 0.3) is 0 Å². The van der Waals surface area contributed by atoms with Gasteiger partial charge in [-0.3, -0.25) is 4.79 Å². The number of rotatable bonds is 4. The second kappa shape index (κ2) is 7.54. The van der Waals surface area contributed by atoms with E-state index >= 15 is 0 Å². The van der Waals surface area contributed by atoms with Gasteiger partial charge >= 0.3 is 11.9 Å². The van der Waals surface area contributed by atoms with Gasteiger partial charge in [-0.1, -0.05) is 18.2 Å². The predicted molar refractivity (Wildman–Crippen MR) is 78.6 cm³/mol. The molecule has 0 saturated carbocycles. The largest absolute Gasteiger partial charge is 0.457 e. The summed E-state index contributed by atoms with van der Waals surface area (Å²) in [5.74, 6) is -1.19. The molecule has 1 aliphatic heterocycles. The van der Waals surface area contributed by atoms with Crippen LogP contribution in [-0.4, -0.2) is 54.9 Å². The minimum absolute atomic E-state index is 0.331. The maximum Gasteiger partial charge on any atom is 0.338 e. The van der Waals surface area contributed by atoms with Crippen molar-refractivity contribution in [3.8, 4) is 0 Å². The van der Waals surface area contributed by atoms with Gasteiger partial charge in [0.05, 0.1) is 11.7 Å². The Morgan fingerprint density at radius 2 is 1.78 bits per heavy atom. The first-order valence-electron chi connectivity index (χ1n) is 7.23. The van der Waals surface area contributed by atoms with Gasteiger partial charge in [-0.15, -0.1) is 0 Å². The van der Waals surface area contributed by atoms with Gasteiger partial charge < -0.3 is 24.1 Å². The number of benzene rings is 1. The van der Waals surface area contributed by atoms with Crippen molar-refractivity contribution in [3.63, 3.8) is 0 Å². The summed E-state index contributed by atoms with van der Waals surface area (Å²) >= 11 is 0. The molecule has 1 aromatic carbocycles. The molecule has 5 atom stereocenters. The van der Waals surface area contributed by atoms with Crippen LogP contribution in [0.15, 0.2) is 30.3 Å². The first-order valence-corrected chi connectivity index (χ1v) is 7.23. The van der Waals surface area contributed by atoms with Crippen LogP contribution in [-0.2, 0) is 23.7 Å². The van der Waals surface area contributed by atoms with Crippen molar-refractivity contribution in [2.24, 2.45) is 0 Å². The quantitative estimate of drug-likeness (QED) is 0.823. The van der Waals surface area contributed by atoms with Crippen LogP contribution in [0.4, 0.5) is 0 Å². The Morgan fingerprint density at radius 3 is 2.35 bits per heavy atom. The Balaban J connectivity index is 2.16. The van der Waals surface area contributed by atoms with E-state index in [0.717, 1.165) is 0 Å². The van der Waals surface area contributed by atoms with Crippen molar-refractivity contribution in [1.82, 2.24) is 0 Å². The van der Waals surface area contributed by atoms with E-state index in [1.54, 1.807) is 37.3 Å². The molecule has 0 aromatic heterocycles. The number of hydrogen-bond acceptors (Lipinski definition) is 7. The van der Waals surface area contributed by atoms with Crippen molar-refractivity contribution in [2.75, 3.05) is 7.11 Å². The fourth-order valence-electron chi connectivity index (χ4n) is 2.43. The Hall–Kier alpha value is -1.96. The van der Waals surface area contributed by atoms with Gasteiger partial charge in [-0.2, -0.15) is 0 Å². The number of methoxy groups -OCH3 is 1. The molecule has 1 fully saturated rings. The number of ether oxygens (including phenoxy) is 4. The zero-order chi connectivity index (χ0) is 17.0. The van der Waals surface area contributed by atoms with E-state index in [1.807, 2.05) is 0 Å². The van der Waals surface area contributed by atoms with Gasteiger partial charge in [0.15, 0.2) is 18.5 Å². The summed E-state index contributed by atoms with van der Waals surface area (Å²) in [6, 6.07) is 8.34. The van der Waals surface area contributed by atoms with Crippen LogP contribution >= 0.6 is 0 Å². The lowest BCUT2D eigenvalue weighted by Crippen LogP contribution is -2.59. The lowest BCUT2D eigenvalue weighted by Gasteiger charge is -2.41. The predicted octanol–water partition coefficient (Wildman–Crippen LogP) is 0.896. The number of carbonyl (C=O) groups is 2. The first kappa shape index (κ1) is 17.4. The fraction of sp³-hybridized carbons (Fsp3) is 0.500. The molecule has 0 bridgehead atoms. The van der Waals surface area contributed by atoms with Crippen molar-refractivity contribution in [1.29, 1.82) is 0 Å². The summed E-state index contributed by atoms with van der Waals surface area (Å²) in [7, 11) is 1.37. The SMILES string of the molecule is CO[C@H]1O[C@@H](C)[C@@H](OC(C)=O)[C@@H](O)[C@@H]1OC(=O)c1ccccc1. The average molecular weight is 324 g/mol. The number of carbonyl (C=O) groups excluding carboxylic acids is 2. The number of aliphatic hydroxyl groups is 1. The highest BCUT2D eigenvalue weighted by Crippen LogP contribution is 2.27. The minimum Gasteiger partial charge on any atom is -0.457 e. The zero-order valence-corrected chi connectivity index (χ0v) is 13.2. The van der Waals surface area contributed by atoms with Crippen LogP contribution in [0.5, 0.6) is 0 Å². The maximum absolute atomic E-state index is 12.2. The summed E-state index contributed by atoms with van der Waals surface area (Å²) in [5.41, 5.74) is 0.331. The average Bonchev–Trinajstić information content (AvgIpc) is 2.54. The Bertz CT molecular complexity index is 545. The van der Waals surface area contributed by atoms with Crippen LogP contribution in [0.1, 0.15) is 24.2 Å². The first-order chi connectivity index (χ1) is 10.9. The fourth-order valence-corrected chi connectivity index (χ4v) is 2.43. The second-order valence-corrected chi connectivity index (χ2v) is 5.25. The molecule has 1 aromatic rings. The molecule has 1 aliphatic rings. The molecule has 0 aliphatic carbocycles. The number of esters is 2. The highest BCUT2D eigenvalue weighted by molar-refractivity contribution is 5.89.